The summed E-state index contributed by atoms with van der Waals surface area (Å²) < 4.78 is 30.4. The third-order valence-corrected chi connectivity index (χ3v) is 3.66. The Hall–Kier alpha value is -0.850. The molecule has 3 N–H and O–H groups in total. The van der Waals surface area contributed by atoms with Crippen LogP contribution in [0.15, 0.2) is 10.5 Å². The van der Waals surface area contributed by atoms with Crippen molar-refractivity contribution in [2.24, 2.45) is 10.6 Å². The molecule has 0 radical (unpaired) electrons. The fourth-order valence-corrected chi connectivity index (χ4v) is 3.09. The van der Waals surface area contributed by atoms with Gasteiger partial charge in [0.05, 0.1) is 6.04 Å². The van der Waals surface area contributed by atoms with E-state index in [9.17, 15) is 8.42 Å². The summed E-state index contributed by atoms with van der Waals surface area (Å²) in [6.07, 6.45) is 1.54. The molecule has 1 aromatic rings. The summed E-state index contributed by atoms with van der Waals surface area (Å²) in [7, 11) is -3.70. The molecule has 0 saturated heterocycles. The maximum Gasteiger partial charge on any atom is 0.274 e. The van der Waals surface area contributed by atoms with E-state index in [-0.39, 0.29) is 11.5 Å². The van der Waals surface area contributed by atoms with E-state index in [2.05, 4.69) is 18.6 Å². The van der Waals surface area contributed by atoms with Gasteiger partial charge in [0.1, 0.15) is 11.5 Å². The van der Waals surface area contributed by atoms with E-state index >= 15 is 0 Å². The summed E-state index contributed by atoms with van der Waals surface area (Å²) in [4.78, 5) is 0. The SMILES string of the molecule is Cc1cc2c(o1)CC(C)(C)CC2NS(N)(=O)=O. The van der Waals surface area contributed by atoms with Crippen LogP contribution < -0.4 is 9.86 Å². The average Bonchev–Trinajstić information content (AvgIpc) is 2.40. The lowest BCUT2D eigenvalue weighted by Crippen LogP contribution is -2.39. The van der Waals surface area contributed by atoms with Crippen molar-refractivity contribution >= 4 is 10.2 Å². The Balaban J connectivity index is 2.39. The fourth-order valence-electron chi connectivity index (χ4n) is 2.49. The molecular weight excluding hydrogens is 240 g/mol. The van der Waals surface area contributed by atoms with Crippen molar-refractivity contribution in [1.29, 1.82) is 0 Å². The van der Waals surface area contributed by atoms with Crippen LogP contribution in [-0.4, -0.2) is 8.42 Å². The molecule has 17 heavy (non-hydrogen) atoms. The van der Waals surface area contributed by atoms with Gasteiger partial charge in [0, 0.05) is 12.0 Å². The maximum atomic E-state index is 11.2. The van der Waals surface area contributed by atoms with E-state index < -0.39 is 10.2 Å². The number of rotatable bonds is 2. The predicted molar refractivity (Wildman–Crippen MR) is 64.5 cm³/mol. The largest absolute Gasteiger partial charge is 0.466 e. The molecule has 0 aromatic carbocycles. The molecule has 96 valence electrons. The number of hydrogen-bond acceptors (Lipinski definition) is 3. The van der Waals surface area contributed by atoms with Gasteiger partial charge in [-0.15, -0.1) is 0 Å². The summed E-state index contributed by atoms with van der Waals surface area (Å²) in [5.41, 5.74) is 0.912. The summed E-state index contributed by atoms with van der Waals surface area (Å²) in [5, 5.41) is 5.05. The van der Waals surface area contributed by atoms with Crippen LogP contribution in [0.25, 0.3) is 0 Å². The van der Waals surface area contributed by atoms with Crippen LogP contribution in [0, 0.1) is 12.3 Å². The van der Waals surface area contributed by atoms with E-state index in [0.717, 1.165) is 29.9 Å². The molecule has 6 heteroatoms. The zero-order chi connectivity index (χ0) is 12.8. The Morgan fingerprint density at radius 2 is 2.18 bits per heavy atom. The first-order valence-corrected chi connectivity index (χ1v) is 7.10. The van der Waals surface area contributed by atoms with E-state index in [1.807, 2.05) is 13.0 Å². The summed E-state index contributed by atoms with van der Waals surface area (Å²) in [6, 6.07) is 1.59. The zero-order valence-corrected chi connectivity index (χ0v) is 11.1. The van der Waals surface area contributed by atoms with Crippen LogP contribution in [0.1, 0.15) is 43.4 Å². The second-order valence-corrected chi connectivity index (χ2v) is 6.82. The molecule has 0 spiro atoms. The lowest BCUT2D eigenvalue weighted by Gasteiger charge is -2.34. The molecule has 1 aliphatic carbocycles. The topological polar surface area (TPSA) is 85.3 Å². The minimum Gasteiger partial charge on any atom is -0.466 e. The first-order valence-electron chi connectivity index (χ1n) is 5.56. The number of fused-ring (bicyclic) bond motifs is 1. The number of nitrogens with two attached hydrogens (primary N) is 1. The monoisotopic (exact) mass is 258 g/mol. The van der Waals surface area contributed by atoms with Crippen LogP contribution >= 0.6 is 0 Å². The lowest BCUT2D eigenvalue weighted by atomic mass is 9.75. The van der Waals surface area contributed by atoms with E-state index in [4.69, 9.17) is 9.56 Å². The first kappa shape index (κ1) is 12.6. The molecule has 5 nitrogen and oxygen atoms in total. The first-order chi connectivity index (χ1) is 7.66. The van der Waals surface area contributed by atoms with Gasteiger partial charge in [0.15, 0.2) is 0 Å². The maximum absolute atomic E-state index is 11.2. The van der Waals surface area contributed by atoms with Crippen molar-refractivity contribution in [3.8, 4) is 0 Å². The van der Waals surface area contributed by atoms with E-state index in [1.165, 1.54) is 0 Å². The van der Waals surface area contributed by atoms with Gasteiger partial charge in [-0.2, -0.15) is 13.1 Å². The molecule has 0 bridgehead atoms. The van der Waals surface area contributed by atoms with E-state index in [0.29, 0.717) is 0 Å². The Labute approximate surface area is 102 Å². The molecule has 1 aliphatic rings. The van der Waals surface area contributed by atoms with Gasteiger partial charge in [0.25, 0.3) is 10.2 Å². The predicted octanol–water partition coefficient (Wildman–Crippen LogP) is 1.39. The van der Waals surface area contributed by atoms with Gasteiger partial charge in [-0.1, -0.05) is 13.8 Å². The normalized spacial score (nSPS) is 23.4. The Morgan fingerprint density at radius 1 is 1.53 bits per heavy atom. The number of furan rings is 1. The van der Waals surface area contributed by atoms with Crippen LogP contribution in [0.4, 0.5) is 0 Å². The number of aryl methyl sites for hydroxylation is 1. The summed E-state index contributed by atoms with van der Waals surface area (Å²) in [5.74, 6) is 1.66. The van der Waals surface area contributed by atoms with Crippen LogP contribution in [0.2, 0.25) is 0 Å². The summed E-state index contributed by atoms with van der Waals surface area (Å²) in [6.45, 7) is 6.04. The molecule has 0 saturated carbocycles. The minimum absolute atomic E-state index is 0.000347. The molecule has 0 fully saturated rings. The van der Waals surface area contributed by atoms with Crippen molar-refractivity contribution in [2.75, 3.05) is 0 Å². The van der Waals surface area contributed by atoms with Crippen LogP contribution in [-0.2, 0) is 16.6 Å². The van der Waals surface area contributed by atoms with Crippen molar-refractivity contribution in [3.05, 3.63) is 23.2 Å². The van der Waals surface area contributed by atoms with Crippen molar-refractivity contribution in [2.45, 2.75) is 39.7 Å². The van der Waals surface area contributed by atoms with Crippen molar-refractivity contribution < 1.29 is 12.8 Å². The highest BCUT2D eigenvalue weighted by Crippen LogP contribution is 2.42. The van der Waals surface area contributed by atoms with Crippen LogP contribution in [0.3, 0.4) is 0 Å². The lowest BCUT2D eigenvalue weighted by molar-refractivity contribution is 0.247. The molecule has 1 unspecified atom stereocenters. The van der Waals surface area contributed by atoms with Gasteiger partial charge in [-0.25, -0.2) is 5.14 Å². The molecule has 1 heterocycles. The Bertz CT molecular complexity index is 531. The van der Waals surface area contributed by atoms with Crippen LogP contribution in [0.5, 0.6) is 0 Å². The Kier molecular flexibility index (Phi) is 2.84. The van der Waals surface area contributed by atoms with Gasteiger partial charge in [0.2, 0.25) is 0 Å². The molecule has 2 rings (SSSR count). The highest BCUT2D eigenvalue weighted by Gasteiger charge is 2.36. The second-order valence-electron chi connectivity index (χ2n) is 5.50. The highest BCUT2D eigenvalue weighted by molar-refractivity contribution is 7.87. The smallest absolute Gasteiger partial charge is 0.274 e. The molecule has 0 amide bonds. The fraction of sp³-hybridized carbons (Fsp3) is 0.636. The number of hydrogen-bond donors (Lipinski definition) is 2. The van der Waals surface area contributed by atoms with Gasteiger partial charge in [-0.3, -0.25) is 0 Å². The molecule has 1 aromatic heterocycles. The molecule has 1 atom stereocenters. The minimum atomic E-state index is -3.70. The zero-order valence-electron chi connectivity index (χ0n) is 10.3. The highest BCUT2D eigenvalue weighted by atomic mass is 32.2. The van der Waals surface area contributed by atoms with Crippen molar-refractivity contribution in [1.82, 2.24) is 4.72 Å². The molecule has 0 aliphatic heterocycles. The van der Waals surface area contributed by atoms with Gasteiger partial charge in [-0.05, 0) is 24.8 Å². The van der Waals surface area contributed by atoms with Gasteiger partial charge >= 0.3 is 0 Å². The quantitative estimate of drug-likeness (QED) is 0.840. The standard InChI is InChI=1S/C11H18N2O3S/c1-7-4-8-9(13-17(12,14)15)5-11(2,3)6-10(8)16-7/h4,9,13H,5-6H2,1-3H3,(H2,12,14,15). The average molecular weight is 258 g/mol. The second kappa shape index (κ2) is 3.83. The number of nitrogens with one attached hydrogen (secondary N) is 1. The Morgan fingerprint density at radius 3 is 2.76 bits per heavy atom. The van der Waals surface area contributed by atoms with E-state index in [1.54, 1.807) is 0 Å². The third-order valence-electron chi connectivity index (χ3n) is 3.04. The van der Waals surface area contributed by atoms with Gasteiger partial charge < -0.3 is 4.42 Å². The van der Waals surface area contributed by atoms with Crippen molar-refractivity contribution in [3.63, 3.8) is 0 Å². The molecular formula is C11H18N2O3S. The third kappa shape index (κ3) is 2.88. The summed E-state index contributed by atoms with van der Waals surface area (Å²) >= 11 is 0.